The Kier molecular flexibility index (Phi) is 5.10. The van der Waals surface area contributed by atoms with E-state index in [1.165, 1.54) is 22.8 Å². The fourth-order valence-corrected chi connectivity index (χ4v) is 1.95. The monoisotopic (exact) mass is 348 g/mol. The molecule has 108 valence electrons. The fourth-order valence-electron chi connectivity index (χ4n) is 1.95. The highest BCUT2D eigenvalue weighted by atomic mass is 79.9. The Labute approximate surface area is 124 Å². The normalized spacial score (nSPS) is 12.6. The highest BCUT2D eigenvalue weighted by molar-refractivity contribution is 5.60. The molecule has 0 aliphatic carbocycles. The van der Waals surface area contributed by atoms with E-state index in [4.69, 9.17) is 0 Å². The summed E-state index contributed by atoms with van der Waals surface area (Å²) in [6.45, 7) is 0. The maximum atomic E-state index is 12.9. The molecule has 3 nitrogen and oxygen atoms in total. The summed E-state index contributed by atoms with van der Waals surface area (Å²) < 4.78 is 41.9. The van der Waals surface area contributed by atoms with Crippen molar-refractivity contribution in [2.45, 2.75) is 12.2 Å². The molecule has 2 aromatic rings. The number of alkyl halides is 3. The molecule has 0 fully saturated rings. The molecule has 0 spiro atoms. The lowest BCUT2D eigenvalue weighted by Crippen LogP contribution is -3.00. The van der Waals surface area contributed by atoms with Crippen molar-refractivity contribution in [1.82, 2.24) is 4.57 Å². The molecule has 20 heavy (non-hydrogen) atoms. The highest BCUT2D eigenvalue weighted by Crippen LogP contribution is 2.33. The predicted molar refractivity (Wildman–Crippen MR) is 61.3 cm³/mol. The molecule has 0 aliphatic heterocycles. The number of carbonyl (C=O) groups is 1. The van der Waals surface area contributed by atoms with Crippen LogP contribution in [0.25, 0.3) is 0 Å². The zero-order valence-electron chi connectivity index (χ0n) is 10.5. The average Bonchev–Trinajstić information content (AvgIpc) is 2.76. The number of rotatable bonds is 3. The van der Waals surface area contributed by atoms with Gasteiger partial charge >= 0.3 is 6.18 Å². The summed E-state index contributed by atoms with van der Waals surface area (Å²) in [6, 6.07) is 4.12. The van der Waals surface area contributed by atoms with Crippen molar-refractivity contribution in [3.63, 3.8) is 0 Å². The molecule has 0 saturated carbocycles. The van der Waals surface area contributed by atoms with E-state index < -0.39 is 17.8 Å². The molecule has 0 N–H and O–H groups in total. The maximum absolute atomic E-state index is 12.9. The van der Waals surface area contributed by atoms with E-state index in [2.05, 4.69) is 0 Å². The molecule has 1 aromatic heterocycles. The summed E-state index contributed by atoms with van der Waals surface area (Å²) in [5, 5.41) is 0. The number of imidazole rings is 1. The van der Waals surface area contributed by atoms with Crippen molar-refractivity contribution in [2.24, 2.45) is 7.05 Å². The van der Waals surface area contributed by atoms with Gasteiger partial charge in [-0.15, -0.1) is 0 Å². The van der Waals surface area contributed by atoms with Gasteiger partial charge in [-0.05, 0) is 6.07 Å². The smallest absolute Gasteiger partial charge is 0.416 e. The van der Waals surface area contributed by atoms with E-state index in [0.717, 1.165) is 6.07 Å². The number of hydrogen-bond donors (Lipinski definition) is 0. The molecular formula is C13H12BrF3N2O. The zero-order valence-corrected chi connectivity index (χ0v) is 12.1. The predicted octanol–water partition coefficient (Wildman–Crippen LogP) is -0.876. The van der Waals surface area contributed by atoms with E-state index in [-0.39, 0.29) is 22.5 Å². The first kappa shape index (κ1) is 16.4. The van der Waals surface area contributed by atoms with Gasteiger partial charge in [-0.2, -0.15) is 13.2 Å². The Morgan fingerprint density at radius 3 is 2.45 bits per heavy atom. The lowest BCUT2D eigenvalue weighted by molar-refractivity contribution is -0.698. The van der Waals surface area contributed by atoms with E-state index in [1.54, 1.807) is 30.3 Å². The third-order valence-electron chi connectivity index (χ3n) is 2.82. The van der Waals surface area contributed by atoms with Crippen molar-refractivity contribution >= 4 is 6.29 Å². The topological polar surface area (TPSA) is 25.9 Å². The van der Waals surface area contributed by atoms with Crippen LogP contribution in [0.5, 0.6) is 0 Å². The van der Waals surface area contributed by atoms with Crippen LogP contribution < -0.4 is 21.5 Å². The molecule has 0 radical (unpaired) electrons. The second-order valence-corrected chi connectivity index (χ2v) is 4.19. The summed E-state index contributed by atoms with van der Waals surface area (Å²) in [7, 11) is 1.73. The number of hydrogen-bond acceptors (Lipinski definition) is 1. The summed E-state index contributed by atoms with van der Waals surface area (Å²) in [5.74, 6) is 0. The minimum Gasteiger partial charge on any atom is -1.00 e. The molecule has 1 aromatic carbocycles. The summed E-state index contributed by atoms with van der Waals surface area (Å²) >= 11 is 0. The molecule has 0 amide bonds. The first-order chi connectivity index (χ1) is 8.93. The van der Waals surface area contributed by atoms with Crippen molar-refractivity contribution in [1.29, 1.82) is 0 Å². The van der Waals surface area contributed by atoms with Gasteiger partial charge in [-0.1, -0.05) is 18.2 Å². The molecular weight excluding hydrogens is 337 g/mol. The second kappa shape index (κ2) is 6.21. The van der Waals surface area contributed by atoms with Crippen LogP contribution in [-0.4, -0.2) is 10.9 Å². The first-order valence-electron chi connectivity index (χ1n) is 5.57. The van der Waals surface area contributed by atoms with Crippen LogP contribution in [0.1, 0.15) is 17.2 Å². The summed E-state index contributed by atoms with van der Waals surface area (Å²) in [6.07, 6.45) is 0.808. The van der Waals surface area contributed by atoms with Gasteiger partial charge in [0.15, 0.2) is 12.3 Å². The van der Waals surface area contributed by atoms with Crippen LogP contribution in [0.15, 0.2) is 43.0 Å². The van der Waals surface area contributed by atoms with Crippen LogP contribution in [0.3, 0.4) is 0 Å². The molecule has 0 saturated heterocycles. The molecule has 1 unspecified atom stereocenters. The van der Waals surface area contributed by atoms with E-state index in [1.807, 2.05) is 0 Å². The number of aldehydes is 1. The quantitative estimate of drug-likeness (QED) is 0.522. The van der Waals surface area contributed by atoms with Crippen LogP contribution in [0, 0.1) is 0 Å². The van der Waals surface area contributed by atoms with E-state index in [9.17, 15) is 18.0 Å². The Hall–Kier alpha value is -1.63. The van der Waals surface area contributed by atoms with Gasteiger partial charge in [0.1, 0.15) is 12.4 Å². The molecule has 0 bridgehead atoms. The van der Waals surface area contributed by atoms with Crippen LogP contribution in [-0.2, 0) is 18.0 Å². The van der Waals surface area contributed by atoms with Crippen molar-refractivity contribution in [2.75, 3.05) is 0 Å². The van der Waals surface area contributed by atoms with Gasteiger partial charge in [-0.3, -0.25) is 4.79 Å². The minimum atomic E-state index is -4.48. The maximum Gasteiger partial charge on any atom is 0.416 e. The van der Waals surface area contributed by atoms with Gasteiger partial charge in [0.05, 0.1) is 12.6 Å². The van der Waals surface area contributed by atoms with Gasteiger partial charge in [0.2, 0.25) is 6.33 Å². The van der Waals surface area contributed by atoms with E-state index in [0.29, 0.717) is 6.29 Å². The average molecular weight is 349 g/mol. The van der Waals surface area contributed by atoms with Gasteiger partial charge in [0, 0.05) is 5.56 Å². The summed E-state index contributed by atoms with van der Waals surface area (Å²) in [5.41, 5.74) is -0.843. The van der Waals surface area contributed by atoms with Crippen molar-refractivity contribution < 1.29 is 39.5 Å². The number of carbonyl (C=O) groups excluding carboxylic acids is 1. The van der Waals surface area contributed by atoms with Gasteiger partial charge < -0.3 is 17.0 Å². The largest absolute Gasteiger partial charge is 1.00 e. The number of aryl methyl sites for hydroxylation is 1. The van der Waals surface area contributed by atoms with Crippen LogP contribution >= 0.6 is 0 Å². The van der Waals surface area contributed by atoms with Crippen LogP contribution in [0.2, 0.25) is 0 Å². The molecule has 2 rings (SSSR count). The number of aromatic nitrogens is 2. The lowest BCUT2D eigenvalue weighted by Gasteiger charge is -2.15. The third-order valence-corrected chi connectivity index (χ3v) is 2.82. The molecule has 1 atom stereocenters. The third kappa shape index (κ3) is 3.27. The Morgan fingerprint density at radius 1 is 1.30 bits per heavy atom. The van der Waals surface area contributed by atoms with Crippen LogP contribution in [0.4, 0.5) is 13.2 Å². The SMILES string of the molecule is Cn1cc[n+](C(C=O)c2ccccc2C(F)(F)F)c1.[Br-]. The van der Waals surface area contributed by atoms with Crippen molar-refractivity contribution in [3.8, 4) is 0 Å². The second-order valence-electron chi connectivity index (χ2n) is 4.19. The first-order valence-corrected chi connectivity index (χ1v) is 5.57. The van der Waals surface area contributed by atoms with Gasteiger partial charge in [-0.25, -0.2) is 9.13 Å². The highest BCUT2D eigenvalue weighted by Gasteiger charge is 2.36. The Bertz CT molecular complexity index is 595. The number of nitrogens with zero attached hydrogens (tertiary/aromatic N) is 2. The Morgan fingerprint density at radius 2 is 1.95 bits per heavy atom. The van der Waals surface area contributed by atoms with Crippen molar-refractivity contribution in [3.05, 3.63) is 54.1 Å². The van der Waals surface area contributed by atoms with E-state index >= 15 is 0 Å². The zero-order chi connectivity index (χ0) is 14.0. The molecule has 0 aliphatic rings. The number of benzene rings is 1. The standard InChI is InChI=1S/C13H12F3N2O.BrH/c1-17-6-7-18(9-17)12(8-19)10-4-2-3-5-11(10)13(14,15)16;/h2-9,12H,1H3;1H/q+1;/p-1. The lowest BCUT2D eigenvalue weighted by atomic mass is 10.0. The van der Waals surface area contributed by atoms with Gasteiger partial charge in [0.25, 0.3) is 0 Å². The molecule has 7 heteroatoms. The summed E-state index contributed by atoms with van der Waals surface area (Å²) in [4.78, 5) is 11.2. The molecule has 1 heterocycles. The Balaban J connectivity index is 0.00000200. The fraction of sp³-hybridized carbons (Fsp3) is 0.231. The number of halogens is 4. The minimum absolute atomic E-state index is 0.